The fraction of sp³-hybridized carbons (Fsp3) is 0.333. The van der Waals surface area contributed by atoms with Gasteiger partial charge in [0.05, 0.1) is 6.61 Å². The summed E-state index contributed by atoms with van der Waals surface area (Å²) in [6.45, 7) is 4.35. The lowest BCUT2D eigenvalue weighted by molar-refractivity contribution is -0.121. The van der Waals surface area contributed by atoms with Crippen LogP contribution in [0.2, 0.25) is 0 Å². The smallest absolute Gasteiger partial charge is 0.220 e. The minimum absolute atomic E-state index is 0.0113. The molecular weight excluding hydrogens is 328 g/mol. The molecule has 2 aromatic rings. The van der Waals surface area contributed by atoms with Crippen molar-refractivity contribution in [1.82, 2.24) is 10.6 Å². The van der Waals surface area contributed by atoms with Crippen LogP contribution < -0.4 is 15.4 Å². The maximum atomic E-state index is 12.0. The Morgan fingerprint density at radius 3 is 2.81 bits per heavy atom. The van der Waals surface area contributed by atoms with Crippen LogP contribution in [-0.2, 0) is 24.4 Å². The first-order chi connectivity index (χ1) is 12.6. The van der Waals surface area contributed by atoms with Crippen molar-refractivity contribution in [2.24, 2.45) is 0 Å². The molecule has 5 nitrogen and oxygen atoms in total. The Labute approximate surface area is 153 Å². The van der Waals surface area contributed by atoms with Crippen LogP contribution in [0.3, 0.4) is 0 Å². The van der Waals surface area contributed by atoms with Gasteiger partial charge in [-0.15, -0.1) is 0 Å². The highest BCUT2D eigenvalue weighted by Gasteiger charge is 2.10. The molecule has 2 aromatic carbocycles. The van der Waals surface area contributed by atoms with Gasteiger partial charge in [0.15, 0.2) is 5.78 Å². The Hall–Kier alpha value is -2.66. The summed E-state index contributed by atoms with van der Waals surface area (Å²) in [5.74, 6) is 0.687. The number of nitrogens with one attached hydrogen (secondary N) is 2. The highest BCUT2D eigenvalue weighted by atomic mass is 16.5. The quantitative estimate of drug-likeness (QED) is 0.566. The van der Waals surface area contributed by atoms with Gasteiger partial charge in [0, 0.05) is 31.6 Å². The molecule has 3 rings (SSSR count). The van der Waals surface area contributed by atoms with E-state index in [9.17, 15) is 9.59 Å². The topological polar surface area (TPSA) is 67.4 Å². The van der Waals surface area contributed by atoms with E-state index in [2.05, 4.69) is 28.8 Å². The summed E-state index contributed by atoms with van der Waals surface area (Å²) in [6.07, 6.45) is 1.04. The molecule has 1 heterocycles. The largest absolute Gasteiger partial charge is 0.494 e. The van der Waals surface area contributed by atoms with Crippen LogP contribution in [0.25, 0.3) is 0 Å². The molecule has 0 atom stereocenters. The van der Waals surface area contributed by atoms with Gasteiger partial charge in [-0.2, -0.15) is 0 Å². The summed E-state index contributed by atoms with van der Waals surface area (Å²) in [5.41, 5.74) is 4.41. The summed E-state index contributed by atoms with van der Waals surface area (Å²) in [6, 6.07) is 13.4. The van der Waals surface area contributed by atoms with Crippen molar-refractivity contribution < 1.29 is 14.3 Å². The molecule has 0 saturated heterocycles. The van der Waals surface area contributed by atoms with Crippen molar-refractivity contribution in [2.45, 2.75) is 39.4 Å². The number of Topliss-reactive ketones (excluding diaryl/α,β-unsaturated/α-hetero) is 1. The third kappa shape index (κ3) is 4.92. The third-order valence-corrected chi connectivity index (χ3v) is 4.45. The molecule has 0 fully saturated rings. The summed E-state index contributed by atoms with van der Waals surface area (Å²) in [4.78, 5) is 23.3. The van der Waals surface area contributed by atoms with Crippen molar-refractivity contribution in [1.29, 1.82) is 0 Å². The summed E-state index contributed by atoms with van der Waals surface area (Å²) in [7, 11) is 0. The molecule has 2 N–H and O–H groups in total. The Morgan fingerprint density at radius 2 is 1.96 bits per heavy atom. The van der Waals surface area contributed by atoms with Gasteiger partial charge in [-0.25, -0.2) is 0 Å². The van der Waals surface area contributed by atoms with Gasteiger partial charge in [0.1, 0.15) is 5.75 Å². The highest BCUT2D eigenvalue weighted by Crippen LogP contribution is 2.17. The summed E-state index contributed by atoms with van der Waals surface area (Å²) < 4.78 is 5.62. The first-order valence-corrected chi connectivity index (χ1v) is 8.94. The molecule has 0 unspecified atom stereocenters. The van der Waals surface area contributed by atoms with E-state index >= 15 is 0 Å². The number of benzene rings is 2. The van der Waals surface area contributed by atoms with E-state index in [1.165, 1.54) is 18.1 Å². The van der Waals surface area contributed by atoms with E-state index in [0.717, 1.165) is 18.7 Å². The fourth-order valence-corrected chi connectivity index (χ4v) is 2.97. The Kier molecular flexibility index (Phi) is 6.02. The monoisotopic (exact) mass is 352 g/mol. The van der Waals surface area contributed by atoms with Crippen molar-refractivity contribution in [3.05, 3.63) is 64.7 Å². The van der Waals surface area contributed by atoms with Gasteiger partial charge < -0.3 is 15.4 Å². The average molecular weight is 352 g/mol. The number of fused-ring (bicyclic) bond motifs is 1. The second-order valence-electron chi connectivity index (χ2n) is 6.52. The second kappa shape index (κ2) is 8.63. The normalized spacial score (nSPS) is 12.5. The van der Waals surface area contributed by atoms with E-state index in [-0.39, 0.29) is 11.7 Å². The van der Waals surface area contributed by atoms with Crippen LogP contribution in [0.15, 0.2) is 42.5 Å². The number of rotatable bonds is 8. The molecule has 136 valence electrons. The zero-order valence-electron chi connectivity index (χ0n) is 15.0. The minimum atomic E-state index is 0.0113. The van der Waals surface area contributed by atoms with E-state index in [0.29, 0.717) is 37.3 Å². The average Bonchev–Trinajstić information content (AvgIpc) is 3.11. The molecule has 0 saturated carbocycles. The number of hydrogen-bond acceptors (Lipinski definition) is 4. The van der Waals surface area contributed by atoms with Gasteiger partial charge >= 0.3 is 0 Å². The maximum Gasteiger partial charge on any atom is 0.220 e. The van der Waals surface area contributed by atoms with E-state index < -0.39 is 0 Å². The molecule has 26 heavy (non-hydrogen) atoms. The van der Waals surface area contributed by atoms with Gasteiger partial charge in [-0.3, -0.25) is 9.59 Å². The number of ketones is 1. The third-order valence-electron chi connectivity index (χ3n) is 4.45. The number of ether oxygens (including phenoxy) is 1. The van der Waals surface area contributed by atoms with Crippen LogP contribution in [0.1, 0.15) is 46.8 Å². The van der Waals surface area contributed by atoms with Gasteiger partial charge in [-0.1, -0.05) is 30.3 Å². The van der Waals surface area contributed by atoms with Gasteiger partial charge in [0.2, 0.25) is 5.91 Å². The second-order valence-corrected chi connectivity index (χ2v) is 6.52. The van der Waals surface area contributed by atoms with Crippen molar-refractivity contribution in [3.8, 4) is 5.75 Å². The van der Waals surface area contributed by atoms with Crippen molar-refractivity contribution >= 4 is 11.7 Å². The lowest BCUT2D eigenvalue weighted by atomic mass is 10.1. The molecule has 1 aliphatic heterocycles. The number of carbonyl (C=O) groups excluding carboxylic acids is 2. The fourth-order valence-electron chi connectivity index (χ4n) is 2.97. The van der Waals surface area contributed by atoms with Crippen LogP contribution in [0.4, 0.5) is 0 Å². The van der Waals surface area contributed by atoms with E-state index in [4.69, 9.17) is 4.74 Å². The Bertz CT molecular complexity index is 802. The number of carbonyl (C=O) groups is 2. The zero-order valence-corrected chi connectivity index (χ0v) is 15.0. The Balaban J connectivity index is 1.37. The number of hydrogen-bond donors (Lipinski definition) is 2. The maximum absolute atomic E-state index is 12.0. The van der Waals surface area contributed by atoms with Gasteiger partial charge in [0.25, 0.3) is 0 Å². The highest BCUT2D eigenvalue weighted by molar-refractivity contribution is 5.94. The predicted molar refractivity (Wildman–Crippen MR) is 100 cm³/mol. The van der Waals surface area contributed by atoms with Crippen molar-refractivity contribution in [2.75, 3.05) is 6.61 Å². The van der Waals surface area contributed by atoms with Gasteiger partial charge in [-0.05, 0) is 42.2 Å². The lowest BCUT2D eigenvalue weighted by Gasteiger charge is -2.09. The molecule has 5 heteroatoms. The molecule has 1 amide bonds. The first kappa shape index (κ1) is 18.1. The van der Waals surface area contributed by atoms with Crippen LogP contribution in [0, 0.1) is 0 Å². The SMILES string of the molecule is CC(=O)c1cccc(OCCCC(=O)NCc2ccc3c(c2)CNC3)c1. The molecular formula is C21H24N2O3. The molecule has 1 aliphatic rings. The van der Waals surface area contributed by atoms with Crippen LogP contribution in [-0.4, -0.2) is 18.3 Å². The molecule has 0 bridgehead atoms. The zero-order chi connectivity index (χ0) is 18.4. The molecule has 0 radical (unpaired) electrons. The van der Waals surface area contributed by atoms with E-state index in [1.807, 2.05) is 6.07 Å². The lowest BCUT2D eigenvalue weighted by Crippen LogP contribution is -2.23. The minimum Gasteiger partial charge on any atom is -0.494 e. The van der Waals surface area contributed by atoms with Crippen LogP contribution >= 0.6 is 0 Å². The van der Waals surface area contributed by atoms with E-state index in [1.54, 1.807) is 18.2 Å². The molecule has 0 spiro atoms. The number of amides is 1. The predicted octanol–water partition coefficient (Wildman–Crippen LogP) is 2.97. The Morgan fingerprint density at radius 1 is 1.12 bits per heavy atom. The first-order valence-electron chi connectivity index (χ1n) is 8.94. The van der Waals surface area contributed by atoms with Crippen molar-refractivity contribution in [3.63, 3.8) is 0 Å². The summed E-state index contributed by atoms with van der Waals surface area (Å²) >= 11 is 0. The molecule has 0 aliphatic carbocycles. The standard InChI is InChI=1S/C21H24N2O3/c1-15(24)17-4-2-5-20(11-17)26-9-3-6-21(25)23-12-16-7-8-18-13-22-14-19(18)10-16/h2,4-5,7-8,10-11,22H,3,6,9,12-14H2,1H3,(H,23,25). The summed E-state index contributed by atoms with van der Waals surface area (Å²) in [5, 5.41) is 6.27. The molecule has 0 aromatic heterocycles. The van der Waals surface area contributed by atoms with Crippen LogP contribution in [0.5, 0.6) is 5.75 Å².